The van der Waals surface area contributed by atoms with Crippen LogP contribution >= 0.6 is 0 Å². The Balaban J connectivity index is -0.000000284. The summed E-state index contributed by atoms with van der Waals surface area (Å²) in [5.74, 6) is 0.730. The van der Waals surface area contributed by atoms with Crippen LogP contribution in [0, 0.1) is 64.0 Å². The fourth-order valence-corrected chi connectivity index (χ4v) is 2.58. The molecule has 0 saturated heterocycles. The second-order valence-electron chi connectivity index (χ2n) is 4.42. The predicted octanol–water partition coefficient (Wildman–Crippen LogP) is 3.23. The van der Waals surface area contributed by atoms with E-state index in [9.17, 15) is 0 Å². The molecule has 5 heteroatoms. The van der Waals surface area contributed by atoms with Gasteiger partial charge in [-0.3, -0.25) is 0 Å². The summed E-state index contributed by atoms with van der Waals surface area (Å²) < 4.78 is 28.1. The molecule has 1 heterocycles. The van der Waals surface area contributed by atoms with E-state index in [1.807, 2.05) is 32.1 Å². The van der Waals surface area contributed by atoms with E-state index >= 15 is 0 Å². The third-order valence-electron chi connectivity index (χ3n) is 3.41. The molecule has 0 N–H and O–H groups in total. The van der Waals surface area contributed by atoms with Crippen LogP contribution < -0.4 is 0 Å². The van der Waals surface area contributed by atoms with Gasteiger partial charge in [0.1, 0.15) is 0 Å². The first kappa shape index (κ1) is 27.5. The van der Waals surface area contributed by atoms with Crippen LogP contribution in [0.15, 0.2) is 5.57 Å². The monoisotopic (exact) mass is 484 g/mol. The van der Waals surface area contributed by atoms with Crippen molar-refractivity contribution in [3.63, 3.8) is 0 Å². The van der Waals surface area contributed by atoms with E-state index in [1.165, 1.54) is 19.3 Å². The molecule has 0 aromatic rings. The first-order valence-corrected chi connectivity index (χ1v) is 6.91. The van der Waals surface area contributed by atoms with Crippen LogP contribution in [-0.2, 0) is 39.8 Å². The largest absolute Gasteiger partial charge is 2.00 e. The molecule has 0 unspecified atom stereocenters. The van der Waals surface area contributed by atoms with Crippen LogP contribution in [0.2, 0.25) is 0 Å². The molecule has 0 aromatic heterocycles. The minimum atomic E-state index is 0. The minimum Gasteiger partial charge on any atom is -0.0312 e. The smallest absolute Gasteiger partial charge is 0.0312 e. The third kappa shape index (κ3) is 11.7. The number of fused-ring (bicyclic) bond motifs is 1. The van der Waals surface area contributed by atoms with E-state index in [2.05, 4.69) is 33.0 Å². The van der Waals surface area contributed by atoms with Gasteiger partial charge in [-0.05, 0) is 50.9 Å². The zero-order valence-electron chi connectivity index (χ0n) is 13.1. The van der Waals surface area contributed by atoms with Crippen molar-refractivity contribution in [1.82, 2.24) is 0 Å². The van der Waals surface area contributed by atoms with Crippen LogP contribution in [0.5, 0.6) is 0 Å². The van der Waals surface area contributed by atoms with Gasteiger partial charge in [-0.15, -0.1) is 0 Å². The van der Waals surface area contributed by atoms with Crippen LogP contribution in [0.25, 0.3) is 0 Å². The molecule has 0 bridgehead atoms. The molecule has 0 aromatic carbocycles. The maximum Gasteiger partial charge on any atom is 2.00 e. The Labute approximate surface area is 154 Å². The Morgan fingerprint density at radius 1 is 1.04 bits per heavy atom. The fraction of sp³-hybridized carbons (Fsp3) is 0.444. The van der Waals surface area contributed by atoms with E-state index < -0.39 is 0 Å². The molecule has 3 aliphatic rings. The van der Waals surface area contributed by atoms with E-state index in [0.29, 0.717) is 6.10 Å². The van der Waals surface area contributed by atoms with E-state index in [-0.39, 0.29) is 21.1 Å². The van der Waals surface area contributed by atoms with Gasteiger partial charge in [-0.2, -0.15) is 0 Å². The van der Waals surface area contributed by atoms with E-state index in [0.717, 1.165) is 18.9 Å². The van der Waals surface area contributed by atoms with Crippen molar-refractivity contribution in [2.45, 2.75) is 38.7 Å². The molecule has 2 aliphatic carbocycles. The summed E-state index contributed by atoms with van der Waals surface area (Å²) in [6.45, 7) is 16.5. The van der Waals surface area contributed by atoms with Crippen LogP contribution in [0.1, 0.15) is 32.6 Å². The molecule has 0 spiro atoms. The van der Waals surface area contributed by atoms with Crippen LogP contribution in [0.3, 0.4) is 0 Å². The summed E-state index contributed by atoms with van der Waals surface area (Å²) in [6.07, 6.45) is 19.0. The molecule has 0 amide bonds. The van der Waals surface area contributed by atoms with Gasteiger partial charge in [-0.1, -0.05) is 26.4 Å². The maximum absolute atomic E-state index is 7.50. The van der Waals surface area contributed by atoms with Gasteiger partial charge in [0.2, 0.25) is 0 Å². The minimum absolute atomic E-state index is 0. The van der Waals surface area contributed by atoms with E-state index in [1.54, 1.807) is 5.57 Å². The van der Waals surface area contributed by atoms with Crippen molar-refractivity contribution in [3.8, 4) is 0 Å². The molecule has 23 heavy (non-hydrogen) atoms. The normalized spacial score (nSPS) is 23.0. The standard InChI is InChI=1S/C10H15O.C5H5.3CO.W/c1-2-10-9-5-3-4-8(9)6-7-11-10;1-2-4-5-3-1;3*1-2;/h9-10H,2-5,7H2,1H3;1-5H;;;;/q-1;;;;;+2/t9-,10-;;;;;/m0...../s1. The van der Waals surface area contributed by atoms with Crippen LogP contribution in [0.4, 0.5) is 0 Å². The number of hydrogen-bond acceptors (Lipinski definition) is 1. The van der Waals surface area contributed by atoms with Crippen molar-refractivity contribution in [1.29, 1.82) is 0 Å². The van der Waals surface area contributed by atoms with Crippen molar-refractivity contribution in [2.75, 3.05) is 6.61 Å². The second kappa shape index (κ2) is 21.6. The molecule has 2 saturated carbocycles. The first-order valence-electron chi connectivity index (χ1n) is 6.91. The quantitative estimate of drug-likeness (QED) is 0.417. The average molecular weight is 484 g/mol. The Hall–Kier alpha value is -0.392. The van der Waals surface area contributed by atoms with Crippen molar-refractivity contribution < 1.29 is 39.8 Å². The average Bonchev–Trinajstić information content (AvgIpc) is 3.34. The first-order chi connectivity index (χ1) is 10.9. The molecule has 5 radical (unpaired) electrons. The molecule has 1 aliphatic heterocycles. The van der Waals surface area contributed by atoms with Gasteiger partial charge in [0.25, 0.3) is 0 Å². The van der Waals surface area contributed by atoms with E-state index in [4.69, 9.17) is 18.7 Å². The zero-order valence-corrected chi connectivity index (χ0v) is 16.1. The fourth-order valence-electron chi connectivity index (χ4n) is 2.58. The molecule has 2 fully saturated rings. The molecular formula is C18H20O4W+. The SMILES string of the molecule is CC[C@@H]1OC[C-]=C2CCC[C@@H]21.[C-]#[O+].[C-]#[O+].[C-]#[O+].[CH]1[CH][CH][CH][CH]1.[W+2]. The zero-order chi connectivity index (χ0) is 17.2. The summed E-state index contributed by atoms with van der Waals surface area (Å²) in [5.41, 5.74) is 1.56. The van der Waals surface area contributed by atoms with Crippen molar-refractivity contribution in [3.05, 3.63) is 63.7 Å². The molecule has 3 rings (SSSR count). The topological polar surface area (TPSA) is 68.9 Å². The van der Waals surface area contributed by atoms with Gasteiger partial charge in [0, 0.05) is 0 Å². The summed E-state index contributed by atoms with van der Waals surface area (Å²) in [4.78, 5) is 0. The Morgan fingerprint density at radius 3 is 1.96 bits per heavy atom. The van der Waals surface area contributed by atoms with Gasteiger partial charge < -0.3 is 10.8 Å². The molecule has 121 valence electrons. The number of rotatable bonds is 1. The van der Waals surface area contributed by atoms with Crippen molar-refractivity contribution in [2.24, 2.45) is 5.92 Å². The summed E-state index contributed by atoms with van der Waals surface area (Å²) in [7, 11) is 0. The van der Waals surface area contributed by atoms with Crippen molar-refractivity contribution >= 4 is 0 Å². The Morgan fingerprint density at radius 2 is 1.52 bits per heavy atom. The summed E-state index contributed by atoms with van der Waals surface area (Å²) >= 11 is 0. The Bertz CT molecular complexity index is 321. The van der Waals surface area contributed by atoms with Gasteiger partial charge in [0.15, 0.2) is 0 Å². The summed E-state index contributed by atoms with van der Waals surface area (Å²) in [6, 6.07) is 0. The van der Waals surface area contributed by atoms with Gasteiger partial charge in [0.05, 0.1) is 6.10 Å². The molecule has 2 atom stereocenters. The maximum atomic E-state index is 7.50. The number of ether oxygens (including phenoxy) is 1. The van der Waals surface area contributed by atoms with Crippen LogP contribution in [-0.4, -0.2) is 12.7 Å². The third-order valence-corrected chi connectivity index (χ3v) is 3.41. The summed E-state index contributed by atoms with van der Waals surface area (Å²) in [5, 5.41) is 0. The van der Waals surface area contributed by atoms with Gasteiger partial charge >= 0.3 is 55.0 Å². The molecular weight excluding hydrogens is 464 g/mol. The predicted molar refractivity (Wildman–Crippen MR) is 77.4 cm³/mol. The second-order valence-corrected chi connectivity index (χ2v) is 4.42. The Kier molecular flexibility index (Phi) is 25.8. The van der Waals surface area contributed by atoms with Gasteiger partial charge in [-0.25, -0.2) is 5.57 Å². The number of hydrogen-bond donors (Lipinski definition) is 0. The molecule has 4 nitrogen and oxygen atoms in total.